The van der Waals surface area contributed by atoms with Crippen molar-refractivity contribution in [2.75, 3.05) is 5.32 Å². The first-order valence-corrected chi connectivity index (χ1v) is 5.96. The van der Waals surface area contributed by atoms with E-state index < -0.39 is 4.92 Å². The molecule has 0 saturated heterocycles. The third-order valence-electron chi connectivity index (χ3n) is 3.01. The number of aryl methyl sites for hydroxylation is 1. The van der Waals surface area contributed by atoms with E-state index in [-0.39, 0.29) is 17.3 Å². The van der Waals surface area contributed by atoms with Crippen molar-refractivity contribution in [3.05, 3.63) is 51.8 Å². The van der Waals surface area contributed by atoms with Crippen LogP contribution in [-0.4, -0.2) is 14.7 Å². The van der Waals surface area contributed by atoms with Crippen LogP contribution in [0.4, 0.5) is 11.4 Å². The van der Waals surface area contributed by atoms with E-state index in [1.54, 1.807) is 16.9 Å². The molecule has 1 aromatic carbocycles. The van der Waals surface area contributed by atoms with Crippen molar-refractivity contribution in [1.82, 2.24) is 9.78 Å². The lowest BCUT2D eigenvalue weighted by Crippen LogP contribution is -2.12. The van der Waals surface area contributed by atoms with Gasteiger partial charge in [0.2, 0.25) is 0 Å². The van der Waals surface area contributed by atoms with Crippen molar-refractivity contribution in [2.45, 2.75) is 13.0 Å². The molecule has 1 atom stereocenters. The monoisotopic (exact) mass is 271 g/mol. The number of rotatable bonds is 4. The van der Waals surface area contributed by atoms with Crippen LogP contribution in [0.5, 0.6) is 0 Å². The molecule has 0 saturated carbocycles. The molecular weight excluding hydrogens is 258 g/mol. The molecule has 102 valence electrons. The second kappa shape index (κ2) is 5.40. The molecule has 20 heavy (non-hydrogen) atoms. The Hall–Kier alpha value is -2.88. The normalized spacial score (nSPS) is 11.7. The van der Waals surface area contributed by atoms with Crippen LogP contribution >= 0.6 is 0 Å². The molecule has 0 aliphatic heterocycles. The highest BCUT2D eigenvalue weighted by Crippen LogP contribution is 2.25. The van der Waals surface area contributed by atoms with E-state index >= 15 is 0 Å². The Morgan fingerprint density at radius 3 is 2.80 bits per heavy atom. The maximum atomic E-state index is 10.7. The summed E-state index contributed by atoms with van der Waals surface area (Å²) in [5.74, 6) is 0. The standard InChI is InChI=1S/C13H13N5O2/c1-9(13-5-6-15-17(13)2)16-12-4-3-11(18(19)20)7-10(12)8-14/h3-7,9,16H,1-2H3. The Morgan fingerprint density at radius 1 is 1.50 bits per heavy atom. The lowest BCUT2D eigenvalue weighted by atomic mass is 10.1. The van der Waals surface area contributed by atoms with Crippen LogP contribution in [0.3, 0.4) is 0 Å². The summed E-state index contributed by atoms with van der Waals surface area (Å²) >= 11 is 0. The predicted molar refractivity (Wildman–Crippen MR) is 73.1 cm³/mol. The number of nitrogens with zero attached hydrogens (tertiary/aromatic N) is 4. The van der Waals surface area contributed by atoms with E-state index in [0.29, 0.717) is 5.69 Å². The second-order valence-electron chi connectivity index (χ2n) is 4.34. The van der Waals surface area contributed by atoms with Crippen LogP contribution in [0.15, 0.2) is 30.5 Å². The number of hydrogen-bond donors (Lipinski definition) is 1. The second-order valence-corrected chi connectivity index (χ2v) is 4.34. The van der Waals surface area contributed by atoms with E-state index in [1.165, 1.54) is 12.1 Å². The van der Waals surface area contributed by atoms with Crippen molar-refractivity contribution in [3.8, 4) is 6.07 Å². The van der Waals surface area contributed by atoms with Gasteiger partial charge in [0.25, 0.3) is 5.69 Å². The molecule has 0 amide bonds. The van der Waals surface area contributed by atoms with Crippen LogP contribution in [0, 0.1) is 21.4 Å². The fraction of sp³-hybridized carbons (Fsp3) is 0.231. The van der Waals surface area contributed by atoms with Gasteiger partial charge in [-0.05, 0) is 19.1 Å². The number of nitrogens with one attached hydrogen (secondary N) is 1. The molecule has 2 rings (SSSR count). The fourth-order valence-corrected chi connectivity index (χ4v) is 1.98. The van der Waals surface area contributed by atoms with E-state index in [1.807, 2.05) is 26.1 Å². The summed E-state index contributed by atoms with van der Waals surface area (Å²) < 4.78 is 1.73. The molecule has 0 aliphatic rings. The van der Waals surface area contributed by atoms with Gasteiger partial charge in [-0.1, -0.05) is 0 Å². The van der Waals surface area contributed by atoms with Crippen molar-refractivity contribution >= 4 is 11.4 Å². The van der Waals surface area contributed by atoms with Crippen LogP contribution < -0.4 is 5.32 Å². The van der Waals surface area contributed by atoms with Crippen LogP contribution in [0.2, 0.25) is 0 Å². The van der Waals surface area contributed by atoms with Gasteiger partial charge in [-0.25, -0.2) is 0 Å². The molecule has 0 radical (unpaired) electrons. The third kappa shape index (κ3) is 2.59. The summed E-state index contributed by atoms with van der Waals surface area (Å²) in [4.78, 5) is 10.2. The predicted octanol–water partition coefficient (Wildman–Crippen LogP) is 2.37. The van der Waals surface area contributed by atoms with Gasteiger partial charge in [0.15, 0.2) is 0 Å². The summed E-state index contributed by atoms with van der Waals surface area (Å²) in [6, 6.07) is 7.95. The Kier molecular flexibility index (Phi) is 3.66. The van der Waals surface area contributed by atoms with Crippen molar-refractivity contribution in [1.29, 1.82) is 5.26 Å². The number of non-ortho nitro benzene ring substituents is 1. The quantitative estimate of drug-likeness (QED) is 0.680. The van der Waals surface area contributed by atoms with Gasteiger partial charge in [0, 0.05) is 25.4 Å². The van der Waals surface area contributed by atoms with Gasteiger partial charge in [-0.15, -0.1) is 0 Å². The average molecular weight is 271 g/mol. The van der Waals surface area contributed by atoms with E-state index in [2.05, 4.69) is 10.4 Å². The van der Waals surface area contributed by atoms with Gasteiger partial charge in [0.05, 0.1) is 27.9 Å². The van der Waals surface area contributed by atoms with E-state index in [0.717, 1.165) is 5.69 Å². The minimum atomic E-state index is -0.519. The highest BCUT2D eigenvalue weighted by atomic mass is 16.6. The zero-order valence-corrected chi connectivity index (χ0v) is 11.1. The van der Waals surface area contributed by atoms with Gasteiger partial charge in [-0.3, -0.25) is 14.8 Å². The van der Waals surface area contributed by atoms with Crippen molar-refractivity contribution < 1.29 is 4.92 Å². The van der Waals surface area contributed by atoms with Gasteiger partial charge >= 0.3 is 0 Å². The number of nitro groups is 1. The first-order valence-electron chi connectivity index (χ1n) is 5.96. The molecule has 1 aromatic heterocycles. The highest BCUT2D eigenvalue weighted by molar-refractivity contribution is 5.62. The molecule has 1 heterocycles. The van der Waals surface area contributed by atoms with Gasteiger partial charge < -0.3 is 5.32 Å². The molecular formula is C13H13N5O2. The Bertz CT molecular complexity index is 686. The maximum absolute atomic E-state index is 10.7. The fourth-order valence-electron chi connectivity index (χ4n) is 1.98. The molecule has 0 aliphatic carbocycles. The number of nitro benzene ring substituents is 1. The Balaban J connectivity index is 2.28. The summed E-state index contributed by atoms with van der Waals surface area (Å²) in [6.45, 7) is 1.93. The summed E-state index contributed by atoms with van der Waals surface area (Å²) in [6.07, 6.45) is 1.69. The smallest absolute Gasteiger partial charge is 0.270 e. The van der Waals surface area contributed by atoms with Crippen LogP contribution in [0.1, 0.15) is 24.2 Å². The van der Waals surface area contributed by atoms with Crippen molar-refractivity contribution in [3.63, 3.8) is 0 Å². The highest BCUT2D eigenvalue weighted by Gasteiger charge is 2.14. The molecule has 1 N–H and O–H groups in total. The SMILES string of the molecule is CC(Nc1ccc([N+](=O)[O-])cc1C#N)c1ccnn1C. The molecule has 7 heteroatoms. The van der Waals surface area contributed by atoms with Crippen LogP contribution in [0.25, 0.3) is 0 Å². The Labute approximate surface area is 115 Å². The lowest BCUT2D eigenvalue weighted by Gasteiger charge is -2.16. The number of anilines is 1. The minimum absolute atomic E-state index is 0.0731. The molecule has 1 unspecified atom stereocenters. The minimum Gasteiger partial charge on any atom is -0.376 e. The topological polar surface area (TPSA) is 96.8 Å². The Morgan fingerprint density at radius 2 is 2.25 bits per heavy atom. The first kappa shape index (κ1) is 13.5. The van der Waals surface area contributed by atoms with Crippen molar-refractivity contribution in [2.24, 2.45) is 7.05 Å². The molecule has 7 nitrogen and oxygen atoms in total. The van der Waals surface area contributed by atoms with E-state index in [4.69, 9.17) is 5.26 Å². The molecule has 2 aromatic rings. The number of nitriles is 1. The average Bonchev–Trinajstić information content (AvgIpc) is 2.85. The number of benzene rings is 1. The lowest BCUT2D eigenvalue weighted by molar-refractivity contribution is -0.384. The number of aromatic nitrogens is 2. The summed E-state index contributed by atoms with van der Waals surface area (Å²) in [5.41, 5.74) is 1.66. The van der Waals surface area contributed by atoms with E-state index in [9.17, 15) is 10.1 Å². The molecule has 0 fully saturated rings. The zero-order valence-electron chi connectivity index (χ0n) is 11.1. The van der Waals surface area contributed by atoms with Gasteiger partial charge in [0.1, 0.15) is 6.07 Å². The first-order chi connectivity index (χ1) is 9.52. The maximum Gasteiger partial charge on any atom is 0.270 e. The zero-order chi connectivity index (χ0) is 14.7. The summed E-state index contributed by atoms with van der Waals surface area (Å²) in [7, 11) is 1.83. The summed E-state index contributed by atoms with van der Waals surface area (Å²) in [5, 5.41) is 27.0. The molecule has 0 spiro atoms. The number of hydrogen-bond acceptors (Lipinski definition) is 5. The third-order valence-corrected chi connectivity index (χ3v) is 3.01. The largest absolute Gasteiger partial charge is 0.376 e. The van der Waals surface area contributed by atoms with Gasteiger partial charge in [-0.2, -0.15) is 10.4 Å². The molecule has 0 bridgehead atoms. The van der Waals surface area contributed by atoms with Crippen LogP contribution in [-0.2, 0) is 7.05 Å².